The summed E-state index contributed by atoms with van der Waals surface area (Å²) >= 11 is 0. The van der Waals surface area contributed by atoms with E-state index in [0.717, 1.165) is 17.1 Å². The normalized spacial score (nSPS) is 10.5. The monoisotopic (exact) mass is 326 g/mol. The third-order valence-electron chi connectivity index (χ3n) is 3.70. The van der Waals surface area contributed by atoms with E-state index in [-0.39, 0.29) is 5.91 Å². The number of anilines is 2. The first-order valence-electron chi connectivity index (χ1n) is 8.45. The van der Waals surface area contributed by atoms with Crippen molar-refractivity contribution in [3.05, 3.63) is 54.1 Å². The largest absolute Gasteiger partial charge is 0.494 e. The number of hydrogen-bond donors (Lipinski definition) is 2. The maximum atomic E-state index is 12.0. The van der Waals surface area contributed by atoms with Gasteiger partial charge in [0.05, 0.1) is 6.61 Å². The molecule has 2 aromatic carbocycles. The molecular formula is C20H26N2O2. The van der Waals surface area contributed by atoms with E-state index in [1.165, 1.54) is 5.56 Å². The van der Waals surface area contributed by atoms with E-state index < -0.39 is 0 Å². The topological polar surface area (TPSA) is 50.4 Å². The lowest BCUT2D eigenvalue weighted by Crippen LogP contribution is -2.16. The Hall–Kier alpha value is -2.49. The number of rotatable bonds is 8. The quantitative estimate of drug-likeness (QED) is 0.742. The molecule has 0 fully saturated rings. The molecule has 0 saturated heterocycles. The van der Waals surface area contributed by atoms with Crippen LogP contribution >= 0.6 is 0 Å². The van der Waals surface area contributed by atoms with E-state index in [1.807, 2.05) is 43.3 Å². The van der Waals surface area contributed by atoms with Crippen LogP contribution in [0.5, 0.6) is 5.75 Å². The van der Waals surface area contributed by atoms with Crippen LogP contribution in [-0.2, 0) is 4.79 Å². The van der Waals surface area contributed by atoms with Crippen molar-refractivity contribution in [3.8, 4) is 5.75 Å². The van der Waals surface area contributed by atoms with Gasteiger partial charge >= 0.3 is 0 Å². The average molecular weight is 326 g/mol. The van der Waals surface area contributed by atoms with Crippen molar-refractivity contribution in [1.29, 1.82) is 0 Å². The lowest BCUT2D eigenvalue weighted by atomic mass is 10.0. The summed E-state index contributed by atoms with van der Waals surface area (Å²) < 4.78 is 5.39. The van der Waals surface area contributed by atoms with Gasteiger partial charge in [-0.15, -0.1) is 0 Å². The van der Waals surface area contributed by atoms with Gasteiger partial charge in [-0.2, -0.15) is 0 Å². The molecule has 0 aliphatic rings. The first kappa shape index (κ1) is 17.9. The van der Waals surface area contributed by atoms with Crippen molar-refractivity contribution in [1.82, 2.24) is 0 Å². The number of amides is 1. The summed E-state index contributed by atoms with van der Waals surface area (Å²) in [7, 11) is 0. The minimum atomic E-state index is -0.00584. The highest BCUT2D eigenvalue weighted by Gasteiger charge is 2.07. The van der Waals surface area contributed by atoms with Crippen LogP contribution in [-0.4, -0.2) is 19.1 Å². The van der Waals surface area contributed by atoms with E-state index >= 15 is 0 Å². The number of nitrogens with one attached hydrogen (secondary N) is 2. The van der Waals surface area contributed by atoms with Crippen LogP contribution in [0, 0.1) is 0 Å². The number of carbonyl (C=O) groups excluding carboxylic acids is 1. The van der Waals surface area contributed by atoms with Gasteiger partial charge in [-0.05, 0) is 48.7 Å². The van der Waals surface area contributed by atoms with Crippen LogP contribution in [0.15, 0.2) is 48.5 Å². The molecule has 0 heterocycles. The minimum Gasteiger partial charge on any atom is -0.494 e. The van der Waals surface area contributed by atoms with Crippen LogP contribution in [0.25, 0.3) is 0 Å². The van der Waals surface area contributed by atoms with E-state index in [4.69, 9.17) is 4.74 Å². The van der Waals surface area contributed by atoms with Crippen molar-refractivity contribution in [2.75, 3.05) is 23.8 Å². The number of ether oxygens (including phenoxy) is 1. The predicted octanol–water partition coefficient (Wildman–Crippen LogP) is 4.65. The fraction of sp³-hybridized carbons (Fsp3) is 0.350. The molecule has 0 bridgehead atoms. The maximum Gasteiger partial charge on any atom is 0.226 e. The summed E-state index contributed by atoms with van der Waals surface area (Å²) in [5.74, 6) is 1.25. The summed E-state index contributed by atoms with van der Waals surface area (Å²) in [4.78, 5) is 12.0. The predicted molar refractivity (Wildman–Crippen MR) is 99.9 cm³/mol. The molecule has 2 N–H and O–H groups in total. The van der Waals surface area contributed by atoms with E-state index in [0.29, 0.717) is 25.5 Å². The van der Waals surface area contributed by atoms with Crippen LogP contribution in [0.1, 0.15) is 38.7 Å². The molecule has 24 heavy (non-hydrogen) atoms. The average Bonchev–Trinajstić information content (AvgIpc) is 2.57. The van der Waals surface area contributed by atoms with Crippen molar-refractivity contribution in [2.45, 2.75) is 33.1 Å². The molecule has 0 aliphatic carbocycles. The van der Waals surface area contributed by atoms with Gasteiger partial charge in [0.15, 0.2) is 0 Å². The molecule has 0 radical (unpaired) electrons. The third kappa shape index (κ3) is 5.30. The van der Waals surface area contributed by atoms with Crippen molar-refractivity contribution in [2.24, 2.45) is 0 Å². The SMILES string of the molecule is CCOc1ccc(NC(=O)CCNc2ccccc2C(C)C)cc1. The Morgan fingerprint density at radius 2 is 1.79 bits per heavy atom. The first-order chi connectivity index (χ1) is 11.6. The lowest BCUT2D eigenvalue weighted by Gasteiger charge is -2.14. The van der Waals surface area contributed by atoms with Crippen LogP contribution < -0.4 is 15.4 Å². The summed E-state index contributed by atoms with van der Waals surface area (Å²) in [5.41, 5.74) is 3.15. The summed E-state index contributed by atoms with van der Waals surface area (Å²) in [5, 5.41) is 6.26. The van der Waals surface area contributed by atoms with Gasteiger partial charge in [-0.25, -0.2) is 0 Å². The molecule has 2 aromatic rings. The van der Waals surface area contributed by atoms with Crippen molar-refractivity contribution >= 4 is 17.3 Å². The highest BCUT2D eigenvalue weighted by atomic mass is 16.5. The smallest absolute Gasteiger partial charge is 0.226 e. The van der Waals surface area contributed by atoms with Crippen molar-refractivity contribution < 1.29 is 9.53 Å². The molecular weight excluding hydrogens is 300 g/mol. The Balaban J connectivity index is 1.81. The summed E-state index contributed by atoms with van der Waals surface area (Å²) in [6, 6.07) is 15.6. The molecule has 2 rings (SSSR count). The lowest BCUT2D eigenvalue weighted by molar-refractivity contribution is -0.115. The molecule has 0 saturated carbocycles. The highest BCUT2D eigenvalue weighted by molar-refractivity contribution is 5.91. The standard InChI is InChI=1S/C20H26N2O2/c1-4-24-17-11-9-16(10-12-17)22-20(23)13-14-21-19-8-6-5-7-18(19)15(2)3/h5-12,15,21H,4,13-14H2,1-3H3,(H,22,23). The number of benzene rings is 2. The van der Waals surface area contributed by atoms with Gasteiger partial charge in [-0.3, -0.25) is 4.79 Å². The molecule has 0 aromatic heterocycles. The fourth-order valence-electron chi connectivity index (χ4n) is 2.50. The molecule has 0 spiro atoms. The number of hydrogen-bond acceptors (Lipinski definition) is 3. The zero-order valence-corrected chi connectivity index (χ0v) is 14.6. The maximum absolute atomic E-state index is 12.0. The minimum absolute atomic E-state index is 0.00584. The Bertz CT molecular complexity index is 651. The zero-order chi connectivity index (χ0) is 17.4. The molecule has 1 amide bonds. The number of carbonyl (C=O) groups is 1. The first-order valence-corrected chi connectivity index (χ1v) is 8.45. The molecule has 128 valence electrons. The van der Waals surface area contributed by atoms with Crippen LogP contribution in [0.2, 0.25) is 0 Å². The summed E-state index contributed by atoms with van der Waals surface area (Å²) in [6.07, 6.45) is 0.416. The van der Waals surface area contributed by atoms with Gasteiger partial charge in [-0.1, -0.05) is 32.0 Å². The molecule has 0 aliphatic heterocycles. The van der Waals surface area contributed by atoms with Gasteiger partial charge in [0.2, 0.25) is 5.91 Å². The van der Waals surface area contributed by atoms with Gasteiger partial charge in [0.25, 0.3) is 0 Å². The van der Waals surface area contributed by atoms with Crippen LogP contribution in [0.4, 0.5) is 11.4 Å². The Labute approximate surface area is 144 Å². The second-order valence-corrected chi connectivity index (χ2v) is 5.92. The van der Waals surface area contributed by atoms with E-state index in [9.17, 15) is 4.79 Å². The second kappa shape index (κ2) is 8.96. The van der Waals surface area contributed by atoms with Gasteiger partial charge in [0, 0.05) is 24.3 Å². The molecule has 0 unspecified atom stereocenters. The summed E-state index contributed by atoms with van der Waals surface area (Å²) in [6.45, 7) is 7.51. The second-order valence-electron chi connectivity index (χ2n) is 5.92. The van der Waals surface area contributed by atoms with Gasteiger partial charge < -0.3 is 15.4 Å². The zero-order valence-electron chi connectivity index (χ0n) is 14.6. The Morgan fingerprint density at radius 1 is 1.08 bits per heavy atom. The third-order valence-corrected chi connectivity index (χ3v) is 3.70. The fourth-order valence-corrected chi connectivity index (χ4v) is 2.50. The Morgan fingerprint density at radius 3 is 2.46 bits per heavy atom. The highest BCUT2D eigenvalue weighted by Crippen LogP contribution is 2.23. The number of para-hydroxylation sites is 1. The molecule has 4 nitrogen and oxygen atoms in total. The van der Waals surface area contributed by atoms with Crippen molar-refractivity contribution in [3.63, 3.8) is 0 Å². The Kier molecular flexibility index (Phi) is 6.67. The van der Waals surface area contributed by atoms with E-state index in [2.05, 4.69) is 36.6 Å². The van der Waals surface area contributed by atoms with E-state index in [1.54, 1.807) is 0 Å². The molecule has 0 atom stereocenters. The molecule has 4 heteroatoms. The van der Waals surface area contributed by atoms with Gasteiger partial charge in [0.1, 0.15) is 5.75 Å². The van der Waals surface area contributed by atoms with Crippen LogP contribution in [0.3, 0.4) is 0 Å².